The van der Waals surface area contributed by atoms with E-state index in [9.17, 15) is 10.2 Å². The summed E-state index contributed by atoms with van der Waals surface area (Å²) in [5.41, 5.74) is 0. The molecule has 0 aromatic heterocycles. The first-order chi connectivity index (χ1) is 5.57. The first-order valence-electron chi connectivity index (χ1n) is 3.52. The topological polar surface area (TPSA) is 69.9 Å². The van der Waals surface area contributed by atoms with Crippen LogP contribution in [0.3, 0.4) is 0 Å². The van der Waals surface area contributed by atoms with Gasteiger partial charge < -0.3 is 20.1 Å². The summed E-state index contributed by atoms with van der Waals surface area (Å²) in [6.45, 7) is 0. The predicted octanol–water partition coefficient (Wildman–Crippen LogP) is -0.623. The van der Waals surface area contributed by atoms with Crippen molar-refractivity contribution in [3.8, 4) is 0 Å². The van der Waals surface area contributed by atoms with Crippen molar-refractivity contribution >= 4 is 15.9 Å². The predicted molar refractivity (Wildman–Crippen MR) is 45.8 cm³/mol. The molecular weight excluding hydrogens is 228 g/mol. The number of rotatable bonds is 1. The van der Waals surface area contributed by atoms with Gasteiger partial charge in [0.15, 0.2) is 0 Å². The minimum absolute atomic E-state index is 0.551. The average molecular weight is 239 g/mol. The molecule has 4 atom stereocenters. The van der Waals surface area contributed by atoms with Crippen molar-refractivity contribution in [1.82, 2.24) is 0 Å². The van der Waals surface area contributed by atoms with Gasteiger partial charge >= 0.3 is 0 Å². The Bertz CT molecular complexity index is 194. The van der Waals surface area contributed by atoms with E-state index in [1.54, 1.807) is 0 Å². The van der Waals surface area contributed by atoms with Crippen LogP contribution in [0.15, 0.2) is 10.6 Å². The van der Waals surface area contributed by atoms with Crippen LogP contribution < -0.4 is 0 Å². The van der Waals surface area contributed by atoms with E-state index in [-0.39, 0.29) is 0 Å². The van der Waals surface area contributed by atoms with Crippen molar-refractivity contribution in [3.63, 3.8) is 0 Å². The van der Waals surface area contributed by atoms with Gasteiger partial charge in [0.1, 0.15) is 24.4 Å². The molecule has 0 aliphatic heterocycles. The Kier molecular flexibility index (Phi) is 3.25. The lowest BCUT2D eigenvalue weighted by molar-refractivity contribution is -0.0991. The number of hydrogen-bond donors (Lipinski definition) is 3. The van der Waals surface area contributed by atoms with Crippen LogP contribution in [0.2, 0.25) is 0 Å². The average Bonchev–Trinajstić information content (AvgIpc) is 2.01. The van der Waals surface area contributed by atoms with Gasteiger partial charge in [-0.25, -0.2) is 0 Å². The van der Waals surface area contributed by atoms with E-state index < -0.39 is 24.4 Å². The second-order valence-corrected chi connectivity index (χ2v) is 3.60. The summed E-state index contributed by atoms with van der Waals surface area (Å²) >= 11 is 3.13. The quantitative estimate of drug-likeness (QED) is 0.570. The largest absolute Gasteiger partial charge is 0.387 e. The molecule has 1 aliphatic carbocycles. The van der Waals surface area contributed by atoms with E-state index in [1.165, 1.54) is 13.2 Å². The standard InChI is InChI=1S/C7H11BrO4/c1-12-7-3(8)2-4(9)5(10)6(7)11/h2,4-7,9-11H,1H3/t4-,5-,6-,7+/m0/s1. The lowest BCUT2D eigenvalue weighted by Crippen LogP contribution is -2.48. The highest BCUT2D eigenvalue weighted by atomic mass is 79.9. The normalized spacial score (nSPS) is 42.6. The van der Waals surface area contributed by atoms with Crippen molar-refractivity contribution in [2.24, 2.45) is 0 Å². The molecule has 0 fully saturated rings. The number of ether oxygens (including phenoxy) is 1. The van der Waals surface area contributed by atoms with E-state index >= 15 is 0 Å². The van der Waals surface area contributed by atoms with Crippen LogP contribution >= 0.6 is 15.9 Å². The van der Waals surface area contributed by atoms with Crippen LogP contribution in [0, 0.1) is 0 Å². The molecule has 5 heteroatoms. The van der Waals surface area contributed by atoms with Gasteiger partial charge in [-0.3, -0.25) is 0 Å². The Morgan fingerprint density at radius 3 is 2.42 bits per heavy atom. The molecule has 0 saturated heterocycles. The molecule has 1 rings (SSSR count). The molecule has 3 N–H and O–H groups in total. The number of methoxy groups -OCH3 is 1. The highest BCUT2D eigenvalue weighted by molar-refractivity contribution is 9.11. The van der Waals surface area contributed by atoms with E-state index in [1.807, 2.05) is 0 Å². The molecule has 0 amide bonds. The van der Waals surface area contributed by atoms with Crippen molar-refractivity contribution in [3.05, 3.63) is 10.6 Å². The van der Waals surface area contributed by atoms with E-state index in [0.29, 0.717) is 4.48 Å². The van der Waals surface area contributed by atoms with E-state index in [2.05, 4.69) is 15.9 Å². The minimum atomic E-state index is -1.18. The molecule has 0 heterocycles. The molecule has 0 saturated carbocycles. The Hall–Kier alpha value is 0.0600. The van der Waals surface area contributed by atoms with Crippen molar-refractivity contribution in [2.75, 3.05) is 7.11 Å². The molecule has 0 aromatic rings. The summed E-state index contributed by atoms with van der Waals surface area (Å²) in [5, 5.41) is 27.8. The fourth-order valence-corrected chi connectivity index (χ4v) is 1.88. The summed E-state index contributed by atoms with van der Waals surface area (Å²) in [5.74, 6) is 0. The molecular formula is C7H11BrO4. The van der Waals surface area contributed by atoms with E-state index in [4.69, 9.17) is 9.84 Å². The Balaban J connectivity index is 2.84. The SMILES string of the molecule is CO[C@@H]1C(Br)=C[C@H](O)[C@H](O)[C@@H]1O. The first-order valence-corrected chi connectivity index (χ1v) is 4.31. The lowest BCUT2D eigenvalue weighted by Gasteiger charge is -2.32. The molecule has 0 bridgehead atoms. The fourth-order valence-electron chi connectivity index (χ4n) is 1.15. The lowest BCUT2D eigenvalue weighted by atomic mass is 9.96. The Morgan fingerprint density at radius 2 is 1.92 bits per heavy atom. The third-order valence-electron chi connectivity index (χ3n) is 1.87. The Labute approximate surface area is 78.6 Å². The third kappa shape index (κ3) is 1.70. The van der Waals surface area contributed by atoms with Gasteiger partial charge in [0.25, 0.3) is 0 Å². The molecule has 0 aromatic carbocycles. The maximum atomic E-state index is 9.37. The van der Waals surface area contributed by atoms with Crippen LogP contribution in [0.1, 0.15) is 0 Å². The number of hydrogen-bond acceptors (Lipinski definition) is 4. The molecule has 12 heavy (non-hydrogen) atoms. The van der Waals surface area contributed by atoms with Gasteiger partial charge in [-0.2, -0.15) is 0 Å². The number of halogens is 1. The van der Waals surface area contributed by atoms with Crippen LogP contribution in [0.25, 0.3) is 0 Å². The van der Waals surface area contributed by atoms with Crippen LogP contribution in [-0.4, -0.2) is 46.8 Å². The number of aliphatic hydroxyl groups excluding tert-OH is 3. The summed E-state index contributed by atoms with van der Waals surface area (Å²) in [4.78, 5) is 0. The van der Waals surface area contributed by atoms with Crippen LogP contribution in [0.4, 0.5) is 0 Å². The third-order valence-corrected chi connectivity index (χ3v) is 2.58. The van der Waals surface area contributed by atoms with Gasteiger partial charge in [0, 0.05) is 11.6 Å². The van der Waals surface area contributed by atoms with Gasteiger partial charge in [0.2, 0.25) is 0 Å². The van der Waals surface area contributed by atoms with Gasteiger partial charge in [-0.15, -0.1) is 0 Å². The molecule has 0 radical (unpaired) electrons. The van der Waals surface area contributed by atoms with Crippen molar-refractivity contribution in [2.45, 2.75) is 24.4 Å². The first kappa shape index (κ1) is 10.1. The molecule has 0 unspecified atom stereocenters. The van der Waals surface area contributed by atoms with E-state index in [0.717, 1.165) is 0 Å². The molecule has 1 aliphatic rings. The summed E-state index contributed by atoms with van der Waals surface area (Å²) < 4.78 is 5.45. The highest BCUT2D eigenvalue weighted by Gasteiger charge is 2.36. The number of aliphatic hydroxyl groups is 3. The zero-order valence-corrected chi connectivity index (χ0v) is 8.10. The molecule has 70 valence electrons. The van der Waals surface area contributed by atoms with Crippen molar-refractivity contribution in [1.29, 1.82) is 0 Å². The zero-order valence-electron chi connectivity index (χ0n) is 6.51. The monoisotopic (exact) mass is 238 g/mol. The van der Waals surface area contributed by atoms with Crippen LogP contribution in [-0.2, 0) is 4.74 Å². The second kappa shape index (κ2) is 3.85. The maximum Gasteiger partial charge on any atom is 0.117 e. The van der Waals surface area contributed by atoms with Gasteiger partial charge in [-0.05, 0) is 6.08 Å². The van der Waals surface area contributed by atoms with Crippen LogP contribution in [0.5, 0.6) is 0 Å². The Morgan fingerprint density at radius 1 is 1.33 bits per heavy atom. The summed E-state index contributed by atoms with van der Waals surface area (Å²) in [6.07, 6.45) is -2.50. The summed E-state index contributed by atoms with van der Waals surface area (Å²) in [7, 11) is 1.42. The van der Waals surface area contributed by atoms with Gasteiger partial charge in [0.05, 0.1) is 0 Å². The molecule has 4 nitrogen and oxygen atoms in total. The zero-order chi connectivity index (χ0) is 9.30. The fraction of sp³-hybridized carbons (Fsp3) is 0.714. The summed E-state index contributed by atoms with van der Waals surface area (Å²) in [6, 6.07) is 0. The van der Waals surface area contributed by atoms with Crippen molar-refractivity contribution < 1.29 is 20.1 Å². The maximum absolute atomic E-state index is 9.37. The minimum Gasteiger partial charge on any atom is -0.387 e. The smallest absolute Gasteiger partial charge is 0.117 e. The molecule has 0 spiro atoms. The second-order valence-electron chi connectivity index (χ2n) is 2.68. The highest BCUT2D eigenvalue weighted by Crippen LogP contribution is 2.26. The van der Waals surface area contributed by atoms with Gasteiger partial charge in [-0.1, -0.05) is 15.9 Å².